The lowest BCUT2D eigenvalue weighted by Gasteiger charge is -2.32. The van der Waals surface area contributed by atoms with E-state index in [-0.39, 0.29) is 0 Å². The van der Waals surface area contributed by atoms with Crippen LogP contribution in [0, 0.1) is 0 Å². The van der Waals surface area contributed by atoms with Crippen molar-refractivity contribution in [1.82, 2.24) is 9.80 Å². The summed E-state index contributed by atoms with van der Waals surface area (Å²) < 4.78 is 0. The van der Waals surface area contributed by atoms with Gasteiger partial charge in [-0.25, -0.2) is 0 Å². The fourth-order valence-electron chi connectivity index (χ4n) is 3.43. The number of Topliss-reactive ketones (excluding diaryl/α,β-unsaturated/α-hetero) is 1. The zero-order chi connectivity index (χ0) is 12.3. The average molecular weight is 238 g/mol. The number of nitrogens with zero attached hydrogens (tertiary/aromatic N) is 2. The van der Waals surface area contributed by atoms with Crippen molar-refractivity contribution in [3.8, 4) is 0 Å². The van der Waals surface area contributed by atoms with Gasteiger partial charge in [-0.3, -0.25) is 14.6 Å². The third-order valence-corrected chi connectivity index (χ3v) is 4.55. The maximum atomic E-state index is 11.3. The first-order valence-corrected chi connectivity index (χ1v) is 7.24. The molecule has 98 valence electrons. The van der Waals surface area contributed by atoms with Crippen LogP contribution < -0.4 is 0 Å². The van der Waals surface area contributed by atoms with Crippen molar-refractivity contribution in [2.75, 3.05) is 26.2 Å². The predicted octanol–water partition coefficient (Wildman–Crippen LogP) is 1.91. The lowest BCUT2D eigenvalue weighted by molar-refractivity contribution is -0.121. The Morgan fingerprint density at radius 3 is 2.41 bits per heavy atom. The van der Waals surface area contributed by atoms with Gasteiger partial charge in [0.1, 0.15) is 5.78 Å². The van der Waals surface area contributed by atoms with Crippen LogP contribution in [0.25, 0.3) is 0 Å². The van der Waals surface area contributed by atoms with E-state index < -0.39 is 0 Å². The fraction of sp³-hybridized carbons (Fsp3) is 0.929. The number of hydrogen-bond acceptors (Lipinski definition) is 3. The molecule has 0 aromatic rings. The van der Waals surface area contributed by atoms with E-state index in [2.05, 4.69) is 23.6 Å². The SMILES string of the molecule is CCN(CC)C1CCN(C2CCC(=O)CC2)C1. The van der Waals surface area contributed by atoms with E-state index in [1.165, 1.54) is 19.5 Å². The van der Waals surface area contributed by atoms with Gasteiger partial charge in [0.25, 0.3) is 0 Å². The number of carbonyl (C=O) groups excluding carboxylic acids is 1. The molecular formula is C14H26N2O. The molecule has 3 heteroatoms. The maximum Gasteiger partial charge on any atom is 0.133 e. The molecule has 17 heavy (non-hydrogen) atoms. The van der Waals surface area contributed by atoms with Gasteiger partial charge in [0.15, 0.2) is 0 Å². The van der Waals surface area contributed by atoms with Gasteiger partial charge in [0.05, 0.1) is 0 Å². The molecule has 1 saturated heterocycles. The minimum absolute atomic E-state index is 0.473. The van der Waals surface area contributed by atoms with Crippen LogP contribution in [-0.2, 0) is 4.79 Å². The largest absolute Gasteiger partial charge is 0.300 e. The van der Waals surface area contributed by atoms with Crippen molar-refractivity contribution >= 4 is 5.78 Å². The van der Waals surface area contributed by atoms with E-state index in [0.717, 1.165) is 44.8 Å². The molecule has 2 aliphatic rings. The van der Waals surface area contributed by atoms with Crippen LogP contribution in [-0.4, -0.2) is 53.8 Å². The van der Waals surface area contributed by atoms with Gasteiger partial charge in [-0.2, -0.15) is 0 Å². The van der Waals surface area contributed by atoms with E-state index in [0.29, 0.717) is 11.8 Å². The summed E-state index contributed by atoms with van der Waals surface area (Å²) in [6.45, 7) is 9.30. The molecule has 3 nitrogen and oxygen atoms in total. The van der Waals surface area contributed by atoms with Crippen LogP contribution in [0.2, 0.25) is 0 Å². The van der Waals surface area contributed by atoms with Crippen LogP contribution in [0.5, 0.6) is 0 Å². The van der Waals surface area contributed by atoms with Gasteiger partial charge in [-0.05, 0) is 32.4 Å². The Balaban J connectivity index is 1.83. The van der Waals surface area contributed by atoms with E-state index in [4.69, 9.17) is 0 Å². The Bertz CT molecular complexity index is 253. The number of likely N-dealkylation sites (tertiary alicyclic amines) is 1. The first kappa shape index (κ1) is 13.0. The molecule has 0 aromatic carbocycles. The zero-order valence-corrected chi connectivity index (χ0v) is 11.3. The van der Waals surface area contributed by atoms with Gasteiger partial charge in [-0.15, -0.1) is 0 Å². The molecule has 1 heterocycles. The molecule has 1 saturated carbocycles. The van der Waals surface area contributed by atoms with E-state index in [1.807, 2.05) is 0 Å². The van der Waals surface area contributed by atoms with Crippen molar-refractivity contribution < 1.29 is 4.79 Å². The molecule has 1 atom stereocenters. The summed E-state index contributed by atoms with van der Waals surface area (Å²) in [6, 6.07) is 1.44. The summed E-state index contributed by atoms with van der Waals surface area (Å²) in [5.41, 5.74) is 0. The highest BCUT2D eigenvalue weighted by Gasteiger charge is 2.32. The summed E-state index contributed by atoms with van der Waals surface area (Å²) in [5, 5.41) is 0. The number of hydrogen-bond donors (Lipinski definition) is 0. The third kappa shape index (κ3) is 3.08. The molecule has 0 radical (unpaired) electrons. The topological polar surface area (TPSA) is 23.6 Å². The Kier molecular flexibility index (Phi) is 4.57. The molecule has 0 N–H and O–H groups in total. The normalized spacial score (nSPS) is 28.2. The van der Waals surface area contributed by atoms with Crippen LogP contribution in [0.3, 0.4) is 0 Å². The average Bonchev–Trinajstić information content (AvgIpc) is 2.81. The molecule has 2 fully saturated rings. The molecule has 0 spiro atoms. The summed E-state index contributed by atoms with van der Waals surface area (Å²) in [4.78, 5) is 16.5. The van der Waals surface area contributed by atoms with E-state index in [9.17, 15) is 4.79 Å². The lowest BCUT2D eigenvalue weighted by atomic mass is 9.93. The molecule has 0 aromatic heterocycles. The Morgan fingerprint density at radius 2 is 1.82 bits per heavy atom. The van der Waals surface area contributed by atoms with E-state index >= 15 is 0 Å². The second-order valence-corrected chi connectivity index (χ2v) is 5.43. The number of carbonyl (C=O) groups is 1. The highest BCUT2D eigenvalue weighted by atomic mass is 16.1. The Morgan fingerprint density at radius 1 is 1.18 bits per heavy atom. The minimum Gasteiger partial charge on any atom is -0.300 e. The summed E-state index contributed by atoms with van der Waals surface area (Å²) in [6.07, 6.45) is 5.15. The molecule has 1 unspecified atom stereocenters. The molecule has 2 rings (SSSR count). The van der Waals surface area contributed by atoms with Crippen LogP contribution in [0.15, 0.2) is 0 Å². The van der Waals surface area contributed by atoms with Gasteiger partial charge in [-0.1, -0.05) is 13.8 Å². The van der Waals surface area contributed by atoms with Crippen molar-refractivity contribution in [3.05, 3.63) is 0 Å². The molecule has 0 bridgehead atoms. The van der Waals surface area contributed by atoms with Crippen molar-refractivity contribution in [1.29, 1.82) is 0 Å². The Hall–Kier alpha value is -0.410. The first-order valence-electron chi connectivity index (χ1n) is 7.24. The van der Waals surface area contributed by atoms with Gasteiger partial charge in [0, 0.05) is 38.0 Å². The van der Waals surface area contributed by atoms with Crippen LogP contribution >= 0.6 is 0 Å². The van der Waals surface area contributed by atoms with Crippen LogP contribution in [0.1, 0.15) is 46.0 Å². The molecular weight excluding hydrogens is 212 g/mol. The number of likely N-dealkylation sites (N-methyl/N-ethyl adjacent to an activating group) is 1. The minimum atomic E-state index is 0.473. The predicted molar refractivity (Wildman–Crippen MR) is 70.2 cm³/mol. The van der Waals surface area contributed by atoms with Gasteiger partial charge < -0.3 is 0 Å². The zero-order valence-electron chi connectivity index (χ0n) is 11.3. The third-order valence-electron chi connectivity index (χ3n) is 4.55. The van der Waals surface area contributed by atoms with Crippen molar-refractivity contribution in [3.63, 3.8) is 0 Å². The standard InChI is InChI=1S/C14H26N2O/c1-3-15(4-2)13-9-10-16(11-13)12-5-7-14(17)8-6-12/h12-13H,3-11H2,1-2H3. The molecule has 0 amide bonds. The second kappa shape index (κ2) is 5.96. The van der Waals surface area contributed by atoms with E-state index in [1.54, 1.807) is 0 Å². The number of ketones is 1. The lowest BCUT2D eigenvalue weighted by Crippen LogP contribution is -2.41. The maximum absolute atomic E-state index is 11.3. The monoisotopic (exact) mass is 238 g/mol. The fourth-order valence-corrected chi connectivity index (χ4v) is 3.43. The Labute approximate surface area is 105 Å². The molecule has 1 aliphatic carbocycles. The summed E-state index contributed by atoms with van der Waals surface area (Å²) in [7, 11) is 0. The quantitative estimate of drug-likeness (QED) is 0.747. The highest BCUT2D eigenvalue weighted by Crippen LogP contribution is 2.25. The molecule has 1 aliphatic heterocycles. The second-order valence-electron chi connectivity index (χ2n) is 5.43. The smallest absolute Gasteiger partial charge is 0.133 e. The number of rotatable bonds is 4. The summed E-state index contributed by atoms with van der Waals surface area (Å²) in [5.74, 6) is 0.473. The van der Waals surface area contributed by atoms with Crippen molar-refractivity contribution in [2.24, 2.45) is 0 Å². The van der Waals surface area contributed by atoms with Gasteiger partial charge in [0.2, 0.25) is 0 Å². The van der Waals surface area contributed by atoms with Crippen molar-refractivity contribution in [2.45, 2.75) is 58.0 Å². The van der Waals surface area contributed by atoms with Crippen LogP contribution in [0.4, 0.5) is 0 Å². The first-order chi connectivity index (χ1) is 8.24. The highest BCUT2D eigenvalue weighted by molar-refractivity contribution is 5.79. The summed E-state index contributed by atoms with van der Waals surface area (Å²) >= 11 is 0. The van der Waals surface area contributed by atoms with Gasteiger partial charge >= 0.3 is 0 Å².